The van der Waals surface area contributed by atoms with E-state index in [1.54, 1.807) is 6.07 Å². The zero-order valence-electron chi connectivity index (χ0n) is 12.8. The maximum atomic E-state index is 13.5. The summed E-state index contributed by atoms with van der Waals surface area (Å²) in [6.45, 7) is 8.90. The predicted octanol–water partition coefficient (Wildman–Crippen LogP) is 1.74. The summed E-state index contributed by atoms with van der Waals surface area (Å²) >= 11 is 0. The fraction of sp³-hybridized carbons (Fsp3) is 0.533. The Hall–Kier alpha value is -1.66. The fourth-order valence-corrected chi connectivity index (χ4v) is 2.16. The fourth-order valence-electron chi connectivity index (χ4n) is 2.16. The molecule has 0 heterocycles. The van der Waals surface area contributed by atoms with Crippen molar-refractivity contribution in [3.63, 3.8) is 0 Å². The highest BCUT2D eigenvalue weighted by Gasteiger charge is 2.05. The van der Waals surface area contributed by atoms with Crippen molar-refractivity contribution in [3.05, 3.63) is 35.1 Å². The van der Waals surface area contributed by atoms with E-state index in [0.717, 1.165) is 38.2 Å². The Morgan fingerprint density at radius 2 is 2.05 bits per heavy atom. The summed E-state index contributed by atoms with van der Waals surface area (Å²) in [5, 5.41) is 14.8. The first kappa shape index (κ1) is 17.4. The van der Waals surface area contributed by atoms with Gasteiger partial charge in [0.25, 0.3) is 0 Å². The van der Waals surface area contributed by atoms with Gasteiger partial charge in [0.2, 0.25) is 0 Å². The summed E-state index contributed by atoms with van der Waals surface area (Å²) in [5.41, 5.74) is 6.64. The molecule has 0 aliphatic rings. The Balaban J connectivity index is 2.43. The summed E-state index contributed by atoms with van der Waals surface area (Å²) < 4.78 is 13.5. The van der Waals surface area contributed by atoms with Crippen LogP contribution in [0.1, 0.15) is 31.4 Å². The zero-order valence-corrected chi connectivity index (χ0v) is 12.8. The largest absolute Gasteiger partial charge is 0.409 e. The Labute approximate surface area is 125 Å². The van der Waals surface area contributed by atoms with Gasteiger partial charge in [0, 0.05) is 12.1 Å². The van der Waals surface area contributed by atoms with Crippen molar-refractivity contribution in [1.29, 1.82) is 0 Å². The number of hydrogen-bond acceptors (Lipinski definition) is 4. The molecule has 0 spiro atoms. The first-order valence-corrected chi connectivity index (χ1v) is 7.31. The molecular weight excluding hydrogens is 271 g/mol. The summed E-state index contributed by atoms with van der Waals surface area (Å²) in [4.78, 5) is 2.36. The van der Waals surface area contributed by atoms with Crippen LogP contribution in [0, 0.1) is 5.82 Å². The standard InChI is InChI=1S/C15H25FN4O/c1-3-20(4-2)7-5-6-18-11-12-8-13(15(17)19-21)10-14(16)9-12/h8-10,18,21H,3-7,11H2,1-2H3,(H2,17,19). The highest BCUT2D eigenvalue weighted by molar-refractivity contribution is 5.97. The second-order valence-corrected chi connectivity index (χ2v) is 4.89. The zero-order chi connectivity index (χ0) is 15.7. The lowest BCUT2D eigenvalue weighted by Gasteiger charge is -2.17. The minimum Gasteiger partial charge on any atom is -0.409 e. The van der Waals surface area contributed by atoms with E-state index in [2.05, 4.69) is 29.2 Å². The molecule has 0 amide bonds. The van der Waals surface area contributed by atoms with Gasteiger partial charge in [0.05, 0.1) is 0 Å². The Kier molecular flexibility index (Phi) is 7.71. The Bertz CT molecular complexity index is 461. The summed E-state index contributed by atoms with van der Waals surface area (Å²) in [6, 6.07) is 4.42. The molecule has 5 nitrogen and oxygen atoms in total. The molecule has 21 heavy (non-hydrogen) atoms. The second kappa shape index (κ2) is 9.31. The molecule has 4 N–H and O–H groups in total. The van der Waals surface area contributed by atoms with Crippen molar-refractivity contribution in [2.75, 3.05) is 26.2 Å². The maximum Gasteiger partial charge on any atom is 0.170 e. The molecule has 1 rings (SSSR count). The number of amidine groups is 1. The molecule has 6 heteroatoms. The topological polar surface area (TPSA) is 73.9 Å². The summed E-state index contributed by atoms with van der Waals surface area (Å²) in [5.74, 6) is -0.476. The highest BCUT2D eigenvalue weighted by Crippen LogP contribution is 2.09. The molecule has 0 bridgehead atoms. The second-order valence-electron chi connectivity index (χ2n) is 4.89. The van der Waals surface area contributed by atoms with Crippen molar-refractivity contribution >= 4 is 5.84 Å². The molecule has 0 aliphatic heterocycles. The van der Waals surface area contributed by atoms with E-state index in [1.165, 1.54) is 12.1 Å². The number of nitrogens with one attached hydrogen (secondary N) is 1. The lowest BCUT2D eigenvalue weighted by molar-refractivity contribution is 0.298. The van der Waals surface area contributed by atoms with Crippen molar-refractivity contribution in [2.45, 2.75) is 26.8 Å². The molecule has 0 saturated carbocycles. The molecule has 0 radical (unpaired) electrons. The number of nitrogens with zero attached hydrogens (tertiary/aromatic N) is 2. The average molecular weight is 296 g/mol. The van der Waals surface area contributed by atoms with Crippen molar-refractivity contribution in [1.82, 2.24) is 10.2 Å². The number of hydrogen-bond donors (Lipinski definition) is 3. The van der Waals surface area contributed by atoms with Crippen LogP contribution in [0.15, 0.2) is 23.4 Å². The van der Waals surface area contributed by atoms with Crippen molar-refractivity contribution in [2.24, 2.45) is 10.9 Å². The Morgan fingerprint density at radius 1 is 1.33 bits per heavy atom. The quantitative estimate of drug-likeness (QED) is 0.213. The molecule has 0 fully saturated rings. The molecule has 0 saturated heterocycles. The van der Waals surface area contributed by atoms with E-state index in [9.17, 15) is 4.39 Å². The molecule has 0 aliphatic carbocycles. The van der Waals surface area contributed by atoms with Gasteiger partial charge in [0.15, 0.2) is 5.84 Å². The monoisotopic (exact) mass is 296 g/mol. The minimum atomic E-state index is -0.390. The van der Waals surface area contributed by atoms with E-state index in [-0.39, 0.29) is 11.7 Å². The molecule has 118 valence electrons. The van der Waals surface area contributed by atoms with E-state index in [1.807, 2.05) is 0 Å². The third-order valence-electron chi connectivity index (χ3n) is 3.41. The van der Waals surface area contributed by atoms with Crippen molar-refractivity contribution in [3.8, 4) is 0 Å². The van der Waals surface area contributed by atoms with Gasteiger partial charge in [-0.2, -0.15) is 0 Å². The minimum absolute atomic E-state index is 0.0858. The van der Waals surface area contributed by atoms with E-state index in [0.29, 0.717) is 12.1 Å². The third-order valence-corrected chi connectivity index (χ3v) is 3.41. The van der Waals surface area contributed by atoms with Crippen LogP contribution >= 0.6 is 0 Å². The number of halogens is 1. The lowest BCUT2D eigenvalue weighted by Crippen LogP contribution is -2.27. The summed E-state index contributed by atoms with van der Waals surface area (Å²) in [6.07, 6.45) is 1.05. The van der Waals surface area contributed by atoms with E-state index < -0.39 is 0 Å². The average Bonchev–Trinajstić information content (AvgIpc) is 2.49. The maximum absolute atomic E-state index is 13.5. The lowest BCUT2D eigenvalue weighted by atomic mass is 10.1. The predicted molar refractivity (Wildman–Crippen MR) is 83.0 cm³/mol. The van der Waals surface area contributed by atoms with Gasteiger partial charge in [-0.1, -0.05) is 19.0 Å². The van der Waals surface area contributed by atoms with Crippen LogP contribution in [0.5, 0.6) is 0 Å². The number of nitrogens with two attached hydrogens (primary N) is 1. The van der Waals surface area contributed by atoms with Crippen LogP contribution in [-0.2, 0) is 6.54 Å². The first-order valence-electron chi connectivity index (χ1n) is 7.31. The van der Waals surface area contributed by atoms with Crippen LogP contribution in [0.2, 0.25) is 0 Å². The first-order chi connectivity index (χ1) is 10.1. The van der Waals surface area contributed by atoms with Gasteiger partial charge in [0.1, 0.15) is 5.82 Å². The van der Waals surface area contributed by atoms with Gasteiger partial charge in [-0.3, -0.25) is 0 Å². The van der Waals surface area contributed by atoms with Crippen LogP contribution in [0.3, 0.4) is 0 Å². The SMILES string of the molecule is CCN(CC)CCCNCc1cc(F)cc(/C(N)=N/O)c1. The smallest absolute Gasteiger partial charge is 0.170 e. The van der Waals surface area contributed by atoms with Crippen LogP contribution in [0.25, 0.3) is 0 Å². The van der Waals surface area contributed by atoms with Crippen LogP contribution in [0.4, 0.5) is 4.39 Å². The van der Waals surface area contributed by atoms with Gasteiger partial charge < -0.3 is 21.2 Å². The molecule has 1 aromatic carbocycles. The molecule has 0 atom stereocenters. The molecule has 0 unspecified atom stereocenters. The molecule has 0 aromatic heterocycles. The van der Waals surface area contributed by atoms with Gasteiger partial charge in [-0.15, -0.1) is 0 Å². The molecular formula is C15H25FN4O. The van der Waals surface area contributed by atoms with Gasteiger partial charge in [-0.25, -0.2) is 4.39 Å². The van der Waals surface area contributed by atoms with Gasteiger partial charge in [-0.05, 0) is 56.4 Å². The normalized spacial score (nSPS) is 12.1. The van der Waals surface area contributed by atoms with Crippen LogP contribution in [-0.4, -0.2) is 42.1 Å². The number of rotatable bonds is 9. The van der Waals surface area contributed by atoms with Gasteiger partial charge >= 0.3 is 0 Å². The number of benzene rings is 1. The number of oxime groups is 1. The van der Waals surface area contributed by atoms with E-state index in [4.69, 9.17) is 10.9 Å². The Morgan fingerprint density at radius 3 is 2.67 bits per heavy atom. The summed E-state index contributed by atoms with van der Waals surface area (Å²) in [7, 11) is 0. The molecule has 1 aromatic rings. The third kappa shape index (κ3) is 6.10. The highest BCUT2D eigenvalue weighted by atomic mass is 19.1. The van der Waals surface area contributed by atoms with E-state index >= 15 is 0 Å². The van der Waals surface area contributed by atoms with Crippen LogP contribution < -0.4 is 11.1 Å². The van der Waals surface area contributed by atoms with Crippen molar-refractivity contribution < 1.29 is 9.60 Å².